The molecule has 2 nitrogen and oxygen atoms in total. The lowest BCUT2D eigenvalue weighted by Crippen LogP contribution is -2.35. The third kappa shape index (κ3) is 1.95. The minimum absolute atomic E-state index is 0.0182. The Morgan fingerprint density at radius 1 is 1.11 bits per heavy atom. The van der Waals surface area contributed by atoms with E-state index in [1.165, 1.54) is 5.56 Å². The van der Waals surface area contributed by atoms with Crippen molar-refractivity contribution in [2.24, 2.45) is 0 Å². The molecule has 2 aromatic rings. The van der Waals surface area contributed by atoms with Crippen LogP contribution in [-0.4, -0.2) is 12.5 Å². The number of hydrogen-bond donors (Lipinski definition) is 1. The van der Waals surface area contributed by atoms with Crippen LogP contribution >= 0.6 is 15.9 Å². The van der Waals surface area contributed by atoms with Crippen LogP contribution in [0.15, 0.2) is 53.0 Å². The van der Waals surface area contributed by atoms with Gasteiger partial charge in [-0.1, -0.05) is 46.3 Å². The second-order valence-electron chi connectivity index (χ2n) is 4.40. The SMILES string of the molecule is O=C1NCC(c2ccccc2)c2cc(Br)ccc21. The second-order valence-corrected chi connectivity index (χ2v) is 5.32. The van der Waals surface area contributed by atoms with Gasteiger partial charge in [-0.05, 0) is 29.3 Å². The van der Waals surface area contributed by atoms with Crippen LogP contribution in [-0.2, 0) is 0 Å². The van der Waals surface area contributed by atoms with E-state index in [2.05, 4.69) is 33.4 Å². The third-order valence-electron chi connectivity index (χ3n) is 3.30. The fraction of sp³-hybridized carbons (Fsp3) is 0.133. The summed E-state index contributed by atoms with van der Waals surface area (Å²) < 4.78 is 1.01. The van der Waals surface area contributed by atoms with Gasteiger partial charge < -0.3 is 5.32 Å². The van der Waals surface area contributed by atoms with Crippen LogP contribution in [0.5, 0.6) is 0 Å². The Kier molecular flexibility index (Phi) is 2.92. The summed E-state index contributed by atoms with van der Waals surface area (Å²) in [4.78, 5) is 11.8. The van der Waals surface area contributed by atoms with Gasteiger partial charge in [0.05, 0.1) is 0 Å². The van der Waals surface area contributed by atoms with Gasteiger partial charge in [-0.15, -0.1) is 0 Å². The molecule has 1 unspecified atom stereocenters. The molecule has 0 aromatic heterocycles. The smallest absolute Gasteiger partial charge is 0.251 e. The van der Waals surface area contributed by atoms with E-state index in [4.69, 9.17) is 0 Å². The van der Waals surface area contributed by atoms with E-state index in [0.29, 0.717) is 6.54 Å². The number of carbonyl (C=O) groups excluding carboxylic acids is 1. The van der Waals surface area contributed by atoms with Gasteiger partial charge >= 0.3 is 0 Å². The topological polar surface area (TPSA) is 29.1 Å². The lowest BCUT2D eigenvalue weighted by atomic mass is 9.85. The summed E-state index contributed by atoms with van der Waals surface area (Å²) in [6, 6.07) is 16.1. The molecule has 3 heteroatoms. The predicted octanol–water partition coefficient (Wildman–Crippen LogP) is 3.32. The van der Waals surface area contributed by atoms with Crippen molar-refractivity contribution in [2.75, 3.05) is 6.54 Å². The van der Waals surface area contributed by atoms with E-state index in [1.54, 1.807) is 0 Å². The highest BCUT2D eigenvalue weighted by molar-refractivity contribution is 9.10. The van der Waals surface area contributed by atoms with Crippen LogP contribution in [0.2, 0.25) is 0 Å². The maximum atomic E-state index is 11.8. The minimum atomic E-state index is 0.0182. The van der Waals surface area contributed by atoms with Crippen molar-refractivity contribution < 1.29 is 4.79 Å². The predicted molar refractivity (Wildman–Crippen MR) is 74.8 cm³/mol. The first-order valence-electron chi connectivity index (χ1n) is 5.88. The number of amides is 1. The van der Waals surface area contributed by atoms with Gasteiger partial charge in [-0.2, -0.15) is 0 Å². The number of hydrogen-bond acceptors (Lipinski definition) is 1. The lowest BCUT2D eigenvalue weighted by molar-refractivity contribution is 0.0942. The fourth-order valence-electron chi connectivity index (χ4n) is 2.41. The molecule has 0 saturated carbocycles. The van der Waals surface area contributed by atoms with Crippen molar-refractivity contribution >= 4 is 21.8 Å². The summed E-state index contributed by atoms with van der Waals surface area (Å²) in [5.41, 5.74) is 3.11. The molecule has 0 spiro atoms. The van der Waals surface area contributed by atoms with Gasteiger partial charge in [-0.25, -0.2) is 0 Å². The highest BCUT2D eigenvalue weighted by Crippen LogP contribution is 2.31. The molecule has 0 aliphatic carbocycles. The van der Waals surface area contributed by atoms with Crippen LogP contribution < -0.4 is 5.32 Å². The summed E-state index contributed by atoms with van der Waals surface area (Å²) in [6.07, 6.45) is 0. The van der Waals surface area contributed by atoms with Gasteiger partial charge in [0.25, 0.3) is 5.91 Å². The van der Waals surface area contributed by atoms with Crippen molar-refractivity contribution in [3.63, 3.8) is 0 Å². The molecule has 1 N–H and O–H groups in total. The Morgan fingerprint density at radius 3 is 2.67 bits per heavy atom. The molecule has 1 amide bonds. The van der Waals surface area contributed by atoms with E-state index >= 15 is 0 Å². The Bertz CT molecular complexity index is 595. The molecule has 1 atom stereocenters. The van der Waals surface area contributed by atoms with E-state index < -0.39 is 0 Å². The fourth-order valence-corrected chi connectivity index (χ4v) is 2.79. The molecule has 3 rings (SSSR count). The van der Waals surface area contributed by atoms with Crippen LogP contribution in [0.25, 0.3) is 0 Å². The number of halogens is 1. The number of benzene rings is 2. The molecule has 2 aromatic carbocycles. The molecule has 0 fully saturated rings. The Balaban J connectivity index is 2.13. The average Bonchev–Trinajstić information content (AvgIpc) is 2.40. The molecule has 0 saturated heterocycles. The molecule has 0 bridgehead atoms. The van der Waals surface area contributed by atoms with Crippen LogP contribution in [0.3, 0.4) is 0 Å². The zero-order chi connectivity index (χ0) is 12.5. The summed E-state index contributed by atoms with van der Waals surface area (Å²) in [5, 5.41) is 2.95. The number of fused-ring (bicyclic) bond motifs is 1. The first-order valence-corrected chi connectivity index (χ1v) is 6.67. The standard InChI is InChI=1S/C15H12BrNO/c16-11-6-7-12-13(8-11)14(9-17-15(12)18)10-4-2-1-3-5-10/h1-8,14H,9H2,(H,17,18). The summed E-state index contributed by atoms with van der Waals surface area (Å²) in [6.45, 7) is 0.659. The maximum absolute atomic E-state index is 11.8. The zero-order valence-corrected chi connectivity index (χ0v) is 11.3. The van der Waals surface area contributed by atoms with Crippen LogP contribution in [0.4, 0.5) is 0 Å². The monoisotopic (exact) mass is 301 g/mol. The maximum Gasteiger partial charge on any atom is 0.251 e. The number of nitrogens with one attached hydrogen (secondary N) is 1. The zero-order valence-electron chi connectivity index (χ0n) is 9.69. The molecule has 1 aliphatic rings. The van der Waals surface area contributed by atoms with Crippen LogP contribution in [0, 0.1) is 0 Å². The van der Waals surface area contributed by atoms with E-state index in [0.717, 1.165) is 15.6 Å². The van der Waals surface area contributed by atoms with Crippen molar-refractivity contribution in [1.82, 2.24) is 5.32 Å². The molecule has 1 aliphatic heterocycles. The van der Waals surface area contributed by atoms with Crippen molar-refractivity contribution in [3.05, 3.63) is 69.7 Å². The van der Waals surface area contributed by atoms with E-state index in [-0.39, 0.29) is 11.8 Å². The molecule has 18 heavy (non-hydrogen) atoms. The number of rotatable bonds is 1. The Labute approximate surface area is 114 Å². The normalized spacial score (nSPS) is 18.1. The first kappa shape index (κ1) is 11.5. The lowest BCUT2D eigenvalue weighted by Gasteiger charge is -2.26. The second kappa shape index (κ2) is 4.58. The van der Waals surface area contributed by atoms with Gasteiger partial charge in [0.15, 0.2) is 0 Å². The van der Waals surface area contributed by atoms with Gasteiger partial charge in [0, 0.05) is 22.5 Å². The Hall–Kier alpha value is -1.61. The van der Waals surface area contributed by atoms with Gasteiger partial charge in [0.1, 0.15) is 0 Å². The largest absolute Gasteiger partial charge is 0.351 e. The molecule has 1 heterocycles. The van der Waals surface area contributed by atoms with Gasteiger partial charge in [0.2, 0.25) is 0 Å². The van der Waals surface area contributed by atoms with Crippen molar-refractivity contribution in [1.29, 1.82) is 0 Å². The third-order valence-corrected chi connectivity index (χ3v) is 3.80. The summed E-state index contributed by atoms with van der Waals surface area (Å²) in [7, 11) is 0. The van der Waals surface area contributed by atoms with Crippen molar-refractivity contribution in [2.45, 2.75) is 5.92 Å². The Morgan fingerprint density at radius 2 is 1.89 bits per heavy atom. The highest BCUT2D eigenvalue weighted by atomic mass is 79.9. The minimum Gasteiger partial charge on any atom is -0.351 e. The summed E-state index contributed by atoms with van der Waals surface area (Å²) in [5.74, 6) is 0.251. The van der Waals surface area contributed by atoms with Gasteiger partial charge in [-0.3, -0.25) is 4.79 Å². The molecule has 0 radical (unpaired) electrons. The highest BCUT2D eigenvalue weighted by Gasteiger charge is 2.26. The molecular formula is C15H12BrNO. The summed E-state index contributed by atoms with van der Waals surface area (Å²) >= 11 is 3.48. The van der Waals surface area contributed by atoms with E-state index in [9.17, 15) is 4.79 Å². The molecule has 90 valence electrons. The van der Waals surface area contributed by atoms with Crippen LogP contribution in [0.1, 0.15) is 27.4 Å². The average molecular weight is 302 g/mol. The molecular weight excluding hydrogens is 290 g/mol. The quantitative estimate of drug-likeness (QED) is 0.860. The van der Waals surface area contributed by atoms with Crippen molar-refractivity contribution in [3.8, 4) is 0 Å². The van der Waals surface area contributed by atoms with E-state index in [1.807, 2.05) is 36.4 Å². The number of carbonyl (C=O) groups is 1. The first-order chi connectivity index (χ1) is 8.75.